The first-order valence-corrected chi connectivity index (χ1v) is 6.54. The maximum Gasteiger partial charge on any atom is 0.226 e. The van der Waals surface area contributed by atoms with Crippen LogP contribution in [0.1, 0.15) is 44.3 Å². The van der Waals surface area contributed by atoms with Gasteiger partial charge in [-0.2, -0.15) is 4.98 Å². The SMILES string of the molecule is CCCc1noc(CCCC(=O)NCCCN)n1.Cl. The number of carbonyl (C=O) groups excluding carboxylic acids is 1. The van der Waals surface area contributed by atoms with Crippen molar-refractivity contribution in [3.8, 4) is 0 Å². The number of carbonyl (C=O) groups is 1. The quantitative estimate of drug-likeness (QED) is 0.667. The summed E-state index contributed by atoms with van der Waals surface area (Å²) >= 11 is 0. The summed E-state index contributed by atoms with van der Waals surface area (Å²) in [5, 5.41) is 6.67. The molecule has 110 valence electrons. The lowest BCUT2D eigenvalue weighted by atomic mass is 10.2. The van der Waals surface area contributed by atoms with E-state index in [-0.39, 0.29) is 18.3 Å². The van der Waals surface area contributed by atoms with Gasteiger partial charge >= 0.3 is 0 Å². The number of aryl methyl sites for hydroxylation is 2. The summed E-state index contributed by atoms with van der Waals surface area (Å²) in [6.45, 7) is 3.32. The van der Waals surface area contributed by atoms with Gasteiger partial charge in [0.25, 0.3) is 0 Å². The molecule has 0 spiro atoms. The fourth-order valence-corrected chi connectivity index (χ4v) is 1.54. The van der Waals surface area contributed by atoms with Gasteiger partial charge < -0.3 is 15.6 Å². The average Bonchev–Trinajstić information content (AvgIpc) is 2.78. The number of nitrogens with zero attached hydrogens (tertiary/aromatic N) is 2. The fourth-order valence-electron chi connectivity index (χ4n) is 1.54. The summed E-state index contributed by atoms with van der Waals surface area (Å²) in [5.74, 6) is 1.42. The number of hydrogen-bond donors (Lipinski definition) is 2. The number of halogens is 1. The molecular formula is C12H23ClN4O2. The van der Waals surface area contributed by atoms with Crippen molar-refractivity contribution in [2.24, 2.45) is 5.73 Å². The highest BCUT2D eigenvalue weighted by atomic mass is 35.5. The molecule has 0 aliphatic heterocycles. The van der Waals surface area contributed by atoms with Gasteiger partial charge in [0.15, 0.2) is 5.82 Å². The lowest BCUT2D eigenvalue weighted by molar-refractivity contribution is -0.121. The molecule has 0 unspecified atom stereocenters. The highest BCUT2D eigenvalue weighted by Crippen LogP contribution is 2.04. The minimum atomic E-state index is 0. The Morgan fingerprint density at radius 2 is 2.16 bits per heavy atom. The van der Waals surface area contributed by atoms with Gasteiger partial charge in [0.05, 0.1) is 0 Å². The van der Waals surface area contributed by atoms with Crippen LogP contribution in [0.15, 0.2) is 4.52 Å². The normalized spacial score (nSPS) is 10.0. The second kappa shape index (κ2) is 10.8. The highest BCUT2D eigenvalue weighted by Gasteiger charge is 2.06. The van der Waals surface area contributed by atoms with E-state index < -0.39 is 0 Å². The molecule has 0 aliphatic rings. The summed E-state index contributed by atoms with van der Waals surface area (Å²) < 4.78 is 5.09. The van der Waals surface area contributed by atoms with Crippen LogP contribution < -0.4 is 11.1 Å². The standard InChI is InChI=1S/C12H22N4O2.ClH/c1-2-5-10-15-12(18-16-10)7-3-6-11(17)14-9-4-8-13;/h2-9,13H2,1H3,(H,14,17);1H. The Morgan fingerprint density at radius 1 is 1.37 bits per heavy atom. The molecule has 7 heteroatoms. The van der Waals surface area contributed by atoms with Crippen LogP contribution in [0, 0.1) is 0 Å². The molecule has 0 saturated carbocycles. The Balaban J connectivity index is 0.00000324. The van der Waals surface area contributed by atoms with E-state index in [2.05, 4.69) is 22.4 Å². The lowest BCUT2D eigenvalue weighted by Crippen LogP contribution is -2.25. The maximum atomic E-state index is 11.4. The van der Waals surface area contributed by atoms with Crippen molar-refractivity contribution in [1.29, 1.82) is 0 Å². The predicted molar refractivity (Wildman–Crippen MR) is 75.2 cm³/mol. The van der Waals surface area contributed by atoms with Crippen LogP contribution in [0.5, 0.6) is 0 Å². The van der Waals surface area contributed by atoms with Crippen molar-refractivity contribution >= 4 is 18.3 Å². The molecule has 1 amide bonds. The second-order valence-corrected chi connectivity index (χ2v) is 4.20. The van der Waals surface area contributed by atoms with Crippen molar-refractivity contribution in [2.75, 3.05) is 13.1 Å². The van der Waals surface area contributed by atoms with Gasteiger partial charge in [-0.15, -0.1) is 12.4 Å². The molecule has 0 radical (unpaired) electrons. The molecule has 0 atom stereocenters. The molecule has 0 bridgehead atoms. The van der Waals surface area contributed by atoms with E-state index >= 15 is 0 Å². The molecule has 6 nitrogen and oxygen atoms in total. The van der Waals surface area contributed by atoms with Gasteiger partial charge in [0.1, 0.15) is 0 Å². The third-order valence-corrected chi connectivity index (χ3v) is 2.48. The largest absolute Gasteiger partial charge is 0.356 e. The summed E-state index contributed by atoms with van der Waals surface area (Å²) in [6, 6.07) is 0. The van der Waals surface area contributed by atoms with E-state index in [1.165, 1.54) is 0 Å². The molecular weight excluding hydrogens is 268 g/mol. The first-order valence-electron chi connectivity index (χ1n) is 6.54. The molecule has 0 saturated heterocycles. The Morgan fingerprint density at radius 3 is 2.84 bits per heavy atom. The van der Waals surface area contributed by atoms with Crippen LogP contribution in [-0.4, -0.2) is 29.1 Å². The number of nitrogens with two attached hydrogens (primary N) is 1. The van der Waals surface area contributed by atoms with Crippen LogP contribution in [0.3, 0.4) is 0 Å². The Kier molecular flexibility index (Phi) is 10.1. The lowest BCUT2D eigenvalue weighted by Gasteiger charge is -2.02. The summed E-state index contributed by atoms with van der Waals surface area (Å²) in [5.41, 5.74) is 5.34. The molecule has 1 aromatic heterocycles. The second-order valence-electron chi connectivity index (χ2n) is 4.20. The summed E-state index contributed by atoms with van der Waals surface area (Å²) in [7, 11) is 0. The zero-order chi connectivity index (χ0) is 13.2. The van der Waals surface area contributed by atoms with Crippen molar-refractivity contribution in [3.63, 3.8) is 0 Å². The third-order valence-electron chi connectivity index (χ3n) is 2.48. The zero-order valence-corrected chi connectivity index (χ0v) is 12.2. The van der Waals surface area contributed by atoms with Crippen LogP contribution in [0.4, 0.5) is 0 Å². The molecule has 0 aliphatic carbocycles. The minimum absolute atomic E-state index is 0. The topological polar surface area (TPSA) is 94.0 Å². The van der Waals surface area contributed by atoms with E-state index in [1.807, 2.05) is 0 Å². The van der Waals surface area contributed by atoms with Gasteiger partial charge in [-0.1, -0.05) is 12.1 Å². The smallest absolute Gasteiger partial charge is 0.226 e. The zero-order valence-electron chi connectivity index (χ0n) is 11.4. The highest BCUT2D eigenvalue weighted by molar-refractivity contribution is 5.85. The van der Waals surface area contributed by atoms with Crippen LogP contribution >= 0.6 is 12.4 Å². The van der Waals surface area contributed by atoms with E-state index in [0.29, 0.717) is 31.8 Å². The Labute approximate surface area is 119 Å². The number of nitrogens with one attached hydrogen (secondary N) is 1. The van der Waals surface area contributed by atoms with Crippen molar-refractivity contribution < 1.29 is 9.32 Å². The molecule has 0 aromatic carbocycles. The monoisotopic (exact) mass is 290 g/mol. The molecule has 1 heterocycles. The fraction of sp³-hybridized carbons (Fsp3) is 0.750. The van der Waals surface area contributed by atoms with E-state index in [4.69, 9.17) is 10.3 Å². The number of aromatic nitrogens is 2. The molecule has 3 N–H and O–H groups in total. The molecule has 0 fully saturated rings. The first-order chi connectivity index (χ1) is 8.76. The average molecular weight is 291 g/mol. The van der Waals surface area contributed by atoms with Crippen LogP contribution in [0.25, 0.3) is 0 Å². The van der Waals surface area contributed by atoms with Crippen molar-refractivity contribution in [2.45, 2.75) is 45.4 Å². The minimum Gasteiger partial charge on any atom is -0.356 e. The molecule has 19 heavy (non-hydrogen) atoms. The van der Waals surface area contributed by atoms with Crippen molar-refractivity contribution in [3.05, 3.63) is 11.7 Å². The Bertz CT molecular complexity index is 357. The molecule has 1 aromatic rings. The van der Waals surface area contributed by atoms with Crippen molar-refractivity contribution in [1.82, 2.24) is 15.5 Å². The van der Waals surface area contributed by atoms with Gasteiger partial charge in [-0.05, 0) is 25.8 Å². The van der Waals surface area contributed by atoms with E-state index in [0.717, 1.165) is 31.5 Å². The van der Waals surface area contributed by atoms with E-state index in [1.54, 1.807) is 0 Å². The predicted octanol–water partition coefficient (Wildman–Crippen LogP) is 1.23. The number of amides is 1. The summed E-state index contributed by atoms with van der Waals surface area (Å²) in [4.78, 5) is 15.6. The van der Waals surface area contributed by atoms with E-state index in [9.17, 15) is 4.79 Å². The summed E-state index contributed by atoms with van der Waals surface area (Å²) in [6.07, 6.45) is 4.51. The Hall–Kier alpha value is -1.14. The molecule has 1 rings (SSSR count). The first kappa shape index (κ1) is 17.9. The van der Waals surface area contributed by atoms with Gasteiger partial charge in [0, 0.05) is 25.8 Å². The van der Waals surface area contributed by atoms with Gasteiger partial charge in [0.2, 0.25) is 11.8 Å². The third kappa shape index (κ3) is 7.79. The number of rotatable bonds is 9. The number of hydrogen-bond acceptors (Lipinski definition) is 5. The van der Waals surface area contributed by atoms with Crippen LogP contribution in [-0.2, 0) is 17.6 Å². The van der Waals surface area contributed by atoms with Gasteiger partial charge in [-0.25, -0.2) is 0 Å². The van der Waals surface area contributed by atoms with Gasteiger partial charge in [-0.3, -0.25) is 4.79 Å². The maximum absolute atomic E-state index is 11.4. The van der Waals surface area contributed by atoms with Crippen LogP contribution in [0.2, 0.25) is 0 Å².